The van der Waals surface area contributed by atoms with Gasteiger partial charge in [0.1, 0.15) is 0 Å². The molecule has 0 bridgehead atoms. The molecule has 0 spiro atoms. The molecule has 108 valence electrons. The zero-order valence-corrected chi connectivity index (χ0v) is 12.3. The maximum Gasteiger partial charge on any atom is 0.179 e. The molecule has 1 heterocycles. The Morgan fingerprint density at radius 1 is 1.29 bits per heavy atom. The van der Waals surface area contributed by atoms with Crippen molar-refractivity contribution in [1.82, 2.24) is 10.3 Å². The molecule has 0 saturated carbocycles. The first-order chi connectivity index (χ1) is 10.2. The first-order valence-electron chi connectivity index (χ1n) is 7.52. The summed E-state index contributed by atoms with van der Waals surface area (Å²) in [6.45, 7) is 2.58. The third kappa shape index (κ3) is 3.19. The lowest BCUT2D eigenvalue weighted by Crippen LogP contribution is -2.33. The minimum Gasteiger partial charge on any atom is -0.303 e. The predicted molar refractivity (Wildman–Crippen MR) is 83.3 cm³/mol. The van der Waals surface area contributed by atoms with Crippen LogP contribution in [-0.4, -0.2) is 16.8 Å². The van der Waals surface area contributed by atoms with Crippen molar-refractivity contribution < 1.29 is 4.79 Å². The number of aryl methyl sites for hydroxylation is 2. The fourth-order valence-corrected chi connectivity index (χ4v) is 2.84. The van der Waals surface area contributed by atoms with E-state index >= 15 is 0 Å². The predicted octanol–water partition coefficient (Wildman–Crippen LogP) is 2.93. The number of benzene rings is 1. The van der Waals surface area contributed by atoms with Crippen LogP contribution in [0.15, 0.2) is 42.7 Å². The number of hydrogen-bond donors (Lipinski definition) is 1. The molecule has 1 aromatic heterocycles. The molecular formula is C18H20N2O. The van der Waals surface area contributed by atoms with Gasteiger partial charge in [0.15, 0.2) is 5.78 Å². The number of aromatic nitrogens is 1. The van der Waals surface area contributed by atoms with Crippen molar-refractivity contribution in [2.75, 3.05) is 0 Å². The molecule has 21 heavy (non-hydrogen) atoms. The highest BCUT2D eigenvalue weighted by molar-refractivity contribution is 6.00. The average Bonchev–Trinajstić information content (AvgIpc) is 3.00. The van der Waals surface area contributed by atoms with E-state index in [1.807, 2.05) is 31.3 Å². The molecule has 1 unspecified atom stereocenters. The molecule has 2 aromatic rings. The van der Waals surface area contributed by atoms with Gasteiger partial charge < -0.3 is 5.32 Å². The van der Waals surface area contributed by atoms with E-state index in [0.29, 0.717) is 6.54 Å². The molecular weight excluding hydrogens is 260 g/mol. The summed E-state index contributed by atoms with van der Waals surface area (Å²) in [5.41, 5.74) is 4.66. The molecule has 0 aliphatic heterocycles. The van der Waals surface area contributed by atoms with Crippen molar-refractivity contribution in [3.8, 4) is 0 Å². The number of carbonyl (C=O) groups excluding carboxylic acids is 1. The zero-order valence-electron chi connectivity index (χ0n) is 12.3. The Morgan fingerprint density at radius 3 is 2.95 bits per heavy atom. The van der Waals surface area contributed by atoms with Gasteiger partial charge in [0.2, 0.25) is 0 Å². The Hall–Kier alpha value is -2.00. The summed E-state index contributed by atoms with van der Waals surface area (Å²) in [6.07, 6.45) is 7.04. The van der Waals surface area contributed by atoms with Gasteiger partial charge in [-0.3, -0.25) is 9.78 Å². The summed E-state index contributed by atoms with van der Waals surface area (Å²) in [5, 5.41) is 3.28. The van der Waals surface area contributed by atoms with Crippen molar-refractivity contribution in [3.63, 3.8) is 0 Å². The van der Waals surface area contributed by atoms with Crippen molar-refractivity contribution in [2.24, 2.45) is 0 Å². The number of nitrogens with zero attached hydrogens (tertiary/aromatic N) is 1. The summed E-state index contributed by atoms with van der Waals surface area (Å²) < 4.78 is 0. The highest BCUT2D eigenvalue weighted by Gasteiger charge is 2.18. The van der Waals surface area contributed by atoms with Crippen LogP contribution in [0.1, 0.15) is 40.4 Å². The second-order valence-corrected chi connectivity index (χ2v) is 5.67. The Kier molecular flexibility index (Phi) is 4.11. The standard InChI is InChI=1S/C18H20N2O/c1-13(20-12-14-4-3-9-19-11-14)18(21)17-8-7-15-5-2-6-16(15)10-17/h3-4,7-11,13,20H,2,5-6,12H2,1H3. The maximum absolute atomic E-state index is 12.5. The van der Waals surface area contributed by atoms with E-state index in [9.17, 15) is 4.79 Å². The molecule has 1 aromatic carbocycles. The van der Waals surface area contributed by atoms with E-state index in [1.165, 1.54) is 17.5 Å². The fourth-order valence-electron chi connectivity index (χ4n) is 2.84. The fraction of sp³-hybridized carbons (Fsp3) is 0.333. The molecule has 1 atom stereocenters. The summed E-state index contributed by atoms with van der Waals surface area (Å²) in [6, 6.07) is 9.88. The van der Waals surface area contributed by atoms with Crippen LogP contribution in [0.5, 0.6) is 0 Å². The Morgan fingerprint density at radius 2 is 2.14 bits per heavy atom. The second kappa shape index (κ2) is 6.19. The van der Waals surface area contributed by atoms with Gasteiger partial charge in [-0.2, -0.15) is 0 Å². The third-order valence-corrected chi connectivity index (χ3v) is 4.11. The van der Waals surface area contributed by atoms with Gasteiger partial charge in [-0.05, 0) is 55.0 Å². The summed E-state index contributed by atoms with van der Waals surface area (Å²) in [5.74, 6) is 0.161. The van der Waals surface area contributed by atoms with Crippen LogP contribution in [-0.2, 0) is 19.4 Å². The topological polar surface area (TPSA) is 42.0 Å². The van der Waals surface area contributed by atoms with Crippen LogP contribution in [0.4, 0.5) is 0 Å². The number of ketones is 1. The lowest BCUT2D eigenvalue weighted by atomic mass is 10.0. The summed E-state index contributed by atoms with van der Waals surface area (Å²) in [4.78, 5) is 16.6. The van der Waals surface area contributed by atoms with Crippen molar-refractivity contribution in [2.45, 2.75) is 38.8 Å². The summed E-state index contributed by atoms with van der Waals surface area (Å²) >= 11 is 0. The van der Waals surface area contributed by atoms with E-state index in [0.717, 1.165) is 24.0 Å². The number of nitrogens with one attached hydrogen (secondary N) is 1. The smallest absolute Gasteiger partial charge is 0.179 e. The number of carbonyl (C=O) groups is 1. The first kappa shape index (κ1) is 14.0. The van der Waals surface area contributed by atoms with Crippen molar-refractivity contribution in [3.05, 3.63) is 65.0 Å². The van der Waals surface area contributed by atoms with E-state index in [4.69, 9.17) is 0 Å². The molecule has 0 fully saturated rings. The van der Waals surface area contributed by atoms with Crippen LogP contribution < -0.4 is 5.32 Å². The molecule has 3 heteroatoms. The molecule has 1 N–H and O–H groups in total. The average molecular weight is 280 g/mol. The molecule has 0 saturated heterocycles. The van der Waals surface area contributed by atoms with E-state index in [1.54, 1.807) is 6.20 Å². The minimum absolute atomic E-state index is 0.161. The maximum atomic E-state index is 12.5. The highest BCUT2D eigenvalue weighted by atomic mass is 16.1. The Balaban J connectivity index is 1.64. The molecule has 0 radical (unpaired) electrons. The van der Waals surface area contributed by atoms with Crippen molar-refractivity contribution >= 4 is 5.78 Å². The van der Waals surface area contributed by atoms with E-state index in [-0.39, 0.29) is 11.8 Å². The molecule has 3 rings (SSSR count). The van der Waals surface area contributed by atoms with Gasteiger partial charge in [-0.15, -0.1) is 0 Å². The minimum atomic E-state index is -0.190. The van der Waals surface area contributed by atoms with E-state index in [2.05, 4.69) is 22.4 Å². The number of fused-ring (bicyclic) bond motifs is 1. The SMILES string of the molecule is CC(NCc1cccnc1)C(=O)c1ccc2c(c1)CCC2. The molecule has 1 aliphatic rings. The number of rotatable bonds is 5. The largest absolute Gasteiger partial charge is 0.303 e. The van der Waals surface area contributed by atoms with Gasteiger partial charge in [-0.1, -0.05) is 18.2 Å². The molecule has 0 amide bonds. The van der Waals surface area contributed by atoms with Crippen molar-refractivity contribution in [1.29, 1.82) is 0 Å². The zero-order chi connectivity index (χ0) is 14.7. The lowest BCUT2D eigenvalue weighted by molar-refractivity contribution is 0.0950. The molecule has 3 nitrogen and oxygen atoms in total. The Labute approximate surface area is 125 Å². The first-order valence-corrected chi connectivity index (χ1v) is 7.52. The number of Topliss-reactive ketones (excluding diaryl/α,β-unsaturated/α-hetero) is 1. The monoisotopic (exact) mass is 280 g/mol. The number of hydrogen-bond acceptors (Lipinski definition) is 3. The Bertz CT molecular complexity index is 637. The van der Waals surface area contributed by atoms with Gasteiger partial charge in [0.05, 0.1) is 6.04 Å². The van der Waals surface area contributed by atoms with E-state index < -0.39 is 0 Å². The van der Waals surface area contributed by atoms with Gasteiger partial charge >= 0.3 is 0 Å². The van der Waals surface area contributed by atoms with Crippen LogP contribution in [0.2, 0.25) is 0 Å². The number of pyridine rings is 1. The second-order valence-electron chi connectivity index (χ2n) is 5.67. The lowest BCUT2D eigenvalue weighted by Gasteiger charge is -2.13. The quantitative estimate of drug-likeness (QED) is 0.856. The van der Waals surface area contributed by atoms with Gasteiger partial charge in [-0.25, -0.2) is 0 Å². The van der Waals surface area contributed by atoms with Crippen LogP contribution in [0.3, 0.4) is 0 Å². The third-order valence-electron chi connectivity index (χ3n) is 4.11. The van der Waals surface area contributed by atoms with Crippen LogP contribution >= 0.6 is 0 Å². The van der Waals surface area contributed by atoms with Gasteiger partial charge in [0.25, 0.3) is 0 Å². The van der Waals surface area contributed by atoms with Gasteiger partial charge in [0, 0.05) is 24.5 Å². The normalized spacial score (nSPS) is 14.7. The van der Waals surface area contributed by atoms with Crippen LogP contribution in [0.25, 0.3) is 0 Å². The highest BCUT2D eigenvalue weighted by Crippen LogP contribution is 2.23. The molecule has 1 aliphatic carbocycles. The summed E-state index contributed by atoms with van der Waals surface area (Å²) in [7, 11) is 0. The van der Waals surface area contributed by atoms with Crippen LogP contribution in [0, 0.1) is 0 Å².